The number of carbonyl (C=O) groups is 1. The third kappa shape index (κ3) is 3.79. The quantitative estimate of drug-likeness (QED) is 0.533. The third-order valence-electron chi connectivity index (χ3n) is 5.62. The molecule has 0 saturated carbocycles. The van der Waals surface area contributed by atoms with Gasteiger partial charge in [0.2, 0.25) is 5.91 Å². The van der Waals surface area contributed by atoms with Crippen LogP contribution in [0.25, 0.3) is 5.65 Å². The van der Waals surface area contributed by atoms with E-state index in [1.54, 1.807) is 0 Å². The molecule has 4 aromatic rings. The SMILES string of the molecule is O=C(Nc1ccc(OCc2ccccc2)cc1)C1CCc2nc3ccccn3c2C1. The number of anilines is 1. The molecule has 5 heteroatoms. The monoisotopic (exact) mass is 397 g/mol. The molecule has 1 amide bonds. The van der Waals surface area contributed by atoms with E-state index in [0.717, 1.165) is 46.9 Å². The van der Waals surface area contributed by atoms with Crippen LogP contribution in [0.15, 0.2) is 79.0 Å². The number of rotatable bonds is 5. The molecule has 5 nitrogen and oxygen atoms in total. The van der Waals surface area contributed by atoms with Gasteiger partial charge in [-0.2, -0.15) is 0 Å². The molecule has 0 fully saturated rings. The van der Waals surface area contributed by atoms with Crippen molar-refractivity contribution in [2.24, 2.45) is 5.92 Å². The molecular formula is C25H23N3O2. The van der Waals surface area contributed by atoms with Crippen LogP contribution in [0, 0.1) is 5.92 Å². The van der Waals surface area contributed by atoms with E-state index in [1.165, 1.54) is 0 Å². The van der Waals surface area contributed by atoms with Crippen molar-refractivity contribution in [3.63, 3.8) is 0 Å². The number of ether oxygens (including phenoxy) is 1. The lowest BCUT2D eigenvalue weighted by Gasteiger charge is -2.21. The number of hydrogen-bond donors (Lipinski definition) is 1. The van der Waals surface area contributed by atoms with Crippen LogP contribution in [0.2, 0.25) is 0 Å². The second kappa shape index (κ2) is 8.03. The summed E-state index contributed by atoms with van der Waals surface area (Å²) >= 11 is 0. The molecule has 1 unspecified atom stereocenters. The Bertz CT molecular complexity index is 1170. The first-order chi connectivity index (χ1) is 14.8. The van der Waals surface area contributed by atoms with Gasteiger partial charge >= 0.3 is 0 Å². The Labute approximate surface area is 175 Å². The van der Waals surface area contributed by atoms with Crippen molar-refractivity contribution in [1.29, 1.82) is 0 Å². The molecule has 0 saturated heterocycles. The predicted octanol–water partition coefficient (Wildman–Crippen LogP) is 4.66. The first kappa shape index (κ1) is 18.4. The number of fused-ring (bicyclic) bond motifs is 3. The molecule has 1 N–H and O–H groups in total. The molecule has 0 radical (unpaired) electrons. The Balaban J connectivity index is 1.21. The van der Waals surface area contributed by atoms with Gasteiger partial charge in [-0.05, 0) is 54.8 Å². The summed E-state index contributed by atoms with van der Waals surface area (Å²) in [4.78, 5) is 17.6. The highest BCUT2D eigenvalue weighted by Crippen LogP contribution is 2.27. The minimum Gasteiger partial charge on any atom is -0.489 e. The summed E-state index contributed by atoms with van der Waals surface area (Å²) in [6.07, 6.45) is 4.39. The zero-order chi connectivity index (χ0) is 20.3. The molecule has 2 heterocycles. The fraction of sp³-hybridized carbons (Fsp3) is 0.200. The van der Waals surface area contributed by atoms with Gasteiger partial charge in [-0.3, -0.25) is 4.79 Å². The fourth-order valence-corrected chi connectivity index (χ4v) is 4.00. The molecule has 2 aromatic carbocycles. The van der Waals surface area contributed by atoms with Gasteiger partial charge in [-0.1, -0.05) is 36.4 Å². The van der Waals surface area contributed by atoms with Gasteiger partial charge in [0, 0.05) is 29.9 Å². The van der Waals surface area contributed by atoms with Crippen molar-refractivity contribution < 1.29 is 9.53 Å². The minimum absolute atomic E-state index is 0.0494. The number of aryl methyl sites for hydroxylation is 1. The van der Waals surface area contributed by atoms with Crippen LogP contribution in [-0.2, 0) is 24.2 Å². The topological polar surface area (TPSA) is 55.6 Å². The Morgan fingerprint density at radius 3 is 2.67 bits per heavy atom. The van der Waals surface area contributed by atoms with E-state index in [0.29, 0.717) is 13.0 Å². The van der Waals surface area contributed by atoms with E-state index >= 15 is 0 Å². The highest BCUT2D eigenvalue weighted by Gasteiger charge is 2.28. The van der Waals surface area contributed by atoms with Gasteiger partial charge in [0.1, 0.15) is 18.0 Å². The largest absolute Gasteiger partial charge is 0.489 e. The summed E-state index contributed by atoms with van der Waals surface area (Å²) in [5.74, 6) is 0.793. The van der Waals surface area contributed by atoms with Crippen LogP contribution < -0.4 is 10.1 Å². The molecule has 150 valence electrons. The Morgan fingerprint density at radius 1 is 1.03 bits per heavy atom. The molecular weight excluding hydrogens is 374 g/mol. The zero-order valence-corrected chi connectivity index (χ0v) is 16.6. The first-order valence-electron chi connectivity index (χ1n) is 10.3. The number of nitrogens with one attached hydrogen (secondary N) is 1. The lowest BCUT2D eigenvalue weighted by molar-refractivity contribution is -0.120. The van der Waals surface area contributed by atoms with Crippen LogP contribution in [-0.4, -0.2) is 15.3 Å². The number of benzene rings is 2. The maximum atomic E-state index is 12.9. The second-order valence-electron chi connectivity index (χ2n) is 7.66. The zero-order valence-electron chi connectivity index (χ0n) is 16.6. The Kier molecular flexibility index (Phi) is 4.93. The molecule has 0 spiro atoms. The average molecular weight is 397 g/mol. The molecule has 0 aliphatic heterocycles. The summed E-state index contributed by atoms with van der Waals surface area (Å²) in [6, 6.07) is 23.6. The first-order valence-corrected chi connectivity index (χ1v) is 10.3. The lowest BCUT2D eigenvalue weighted by atomic mass is 9.89. The Morgan fingerprint density at radius 2 is 1.83 bits per heavy atom. The summed E-state index contributed by atoms with van der Waals surface area (Å²) in [5, 5.41) is 3.06. The van der Waals surface area contributed by atoms with Gasteiger partial charge in [0.25, 0.3) is 0 Å². The van der Waals surface area contributed by atoms with Gasteiger partial charge in [-0.25, -0.2) is 4.98 Å². The number of pyridine rings is 1. The van der Waals surface area contributed by atoms with Gasteiger partial charge in [0.15, 0.2) is 0 Å². The lowest BCUT2D eigenvalue weighted by Crippen LogP contribution is -2.28. The summed E-state index contributed by atoms with van der Waals surface area (Å²) in [6.45, 7) is 0.524. The van der Waals surface area contributed by atoms with Crippen LogP contribution in [0.1, 0.15) is 23.4 Å². The smallest absolute Gasteiger partial charge is 0.227 e. The predicted molar refractivity (Wildman–Crippen MR) is 117 cm³/mol. The van der Waals surface area contributed by atoms with Crippen molar-refractivity contribution in [3.05, 3.63) is 95.9 Å². The molecule has 0 bridgehead atoms. The van der Waals surface area contributed by atoms with Crippen molar-refractivity contribution in [1.82, 2.24) is 9.38 Å². The normalized spacial score (nSPS) is 15.5. The van der Waals surface area contributed by atoms with Gasteiger partial charge < -0.3 is 14.5 Å². The maximum Gasteiger partial charge on any atom is 0.227 e. The number of hydrogen-bond acceptors (Lipinski definition) is 3. The van der Waals surface area contributed by atoms with E-state index in [4.69, 9.17) is 9.72 Å². The van der Waals surface area contributed by atoms with E-state index < -0.39 is 0 Å². The van der Waals surface area contributed by atoms with Crippen molar-refractivity contribution in [2.45, 2.75) is 25.9 Å². The van der Waals surface area contributed by atoms with Gasteiger partial charge in [0.05, 0.1) is 5.69 Å². The number of carbonyl (C=O) groups excluding carboxylic acids is 1. The highest BCUT2D eigenvalue weighted by molar-refractivity contribution is 5.93. The molecule has 1 aliphatic rings. The van der Waals surface area contributed by atoms with Crippen LogP contribution in [0.4, 0.5) is 5.69 Å². The minimum atomic E-state index is -0.0494. The molecule has 1 aliphatic carbocycles. The number of amides is 1. The second-order valence-corrected chi connectivity index (χ2v) is 7.66. The van der Waals surface area contributed by atoms with E-state index in [-0.39, 0.29) is 11.8 Å². The van der Waals surface area contributed by atoms with Crippen molar-refractivity contribution in [3.8, 4) is 5.75 Å². The fourth-order valence-electron chi connectivity index (χ4n) is 4.00. The Hall–Kier alpha value is -3.60. The molecule has 30 heavy (non-hydrogen) atoms. The van der Waals surface area contributed by atoms with Crippen LogP contribution in [0.3, 0.4) is 0 Å². The van der Waals surface area contributed by atoms with Crippen LogP contribution in [0.5, 0.6) is 5.75 Å². The van der Waals surface area contributed by atoms with Crippen LogP contribution >= 0.6 is 0 Å². The maximum absolute atomic E-state index is 12.9. The van der Waals surface area contributed by atoms with Crippen molar-refractivity contribution in [2.75, 3.05) is 5.32 Å². The molecule has 2 aromatic heterocycles. The number of imidazole rings is 1. The third-order valence-corrected chi connectivity index (χ3v) is 5.62. The number of nitrogens with zero attached hydrogens (tertiary/aromatic N) is 2. The molecule has 5 rings (SSSR count). The molecule has 1 atom stereocenters. The average Bonchev–Trinajstić information content (AvgIpc) is 3.17. The van der Waals surface area contributed by atoms with E-state index in [2.05, 4.69) is 9.72 Å². The van der Waals surface area contributed by atoms with E-state index in [9.17, 15) is 4.79 Å². The number of aromatic nitrogens is 2. The summed E-state index contributed by atoms with van der Waals surface area (Å²) < 4.78 is 7.92. The summed E-state index contributed by atoms with van der Waals surface area (Å²) in [5.41, 5.74) is 5.14. The van der Waals surface area contributed by atoms with Crippen molar-refractivity contribution >= 4 is 17.2 Å². The van der Waals surface area contributed by atoms with E-state index in [1.807, 2.05) is 79.0 Å². The highest BCUT2D eigenvalue weighted by atomic mass is 16.5. The standard InChI is InChI=1S/C25H23N3O2/c29-25(19-9-14-22-23(16-19)28-15-5-4-8-24(28)27-22)26-20-10-12-21(13-11-20)30-17-18-6-2-1-3-7-18/h1-8,10-13,15,19H,9,14,16-17H2,(H,26,29). The summed E-state index contributed by atoms with van der Waals surface area (Å²) in [7, 11) is 0. The van der Waals surface area contributed by atoms with Gasteiger partial charge in [-0.15, -0.1) is 0 Å².